The van der Waals surface area contributed by atoms with Crippen molar-refractivity contribution in [2.45, 2.75) is 38.6 Å². The van der Waals surface area contributed by atoms with E-state index in [1.54, 1.807) is 37.6 Å². The Morgan fingerprint density at radius 3 is 2.76 bits per heavy atom. The molecule has 29 heavy (non-hydrogen) atoms. The number of hydrogen-bond acceptors (Lipinski definition) is 5. The molecule has 156 valence electrons. The Labute approximate surface area is 171 Å². The fourth-order valence-electron chi connectivity index (χ4n) is 3.65. The van der Waals surface area contributed by atoms with Crippen molar-refractivity contribution in [3.05, 3.63) is 41.7 Å². The molecule has 2 heterocycles. The number of aromatic amines is 1. The summed E-state index contributed by atoms with van der Waals surface area (Å²) in [6, 6.07) is 7.10. The van der Waals surface area contributed by atoms with Crippen molar-refractivity contribution in [3.63, 3.8) is 0 Å². The second-order valence-corrected chi connectivity index (χ2v) is 7.68. The van der Waals surface area contributed by atoms with Crippen molar-refractivity contribution < 1.29 is 14.3 Å². The molecular formula is C21H29N5O3. The van der Waals surface area contributed by atoms with Crippen molar-refractivity contribution in [1.29, 1.82) is 0 Å². The lowest BCUT2D eigenvalue weighted by Gasteiger charge is -2.32. The van der Waals surface area contributed by atoms with E-state index < -0.39 is 0 Å². The van der Waals surface area contributed by atoms with E-state index in [-0.39, 0.29) is 23.8 Å². The first-order valence-electron chi connectivity index (χ1n) is 9.96. The van der Waals surface area contributed by atoms with Crippen LogP contribution in [0.4, 0.5) is 5.69 Å². The predicted octanol–water partition coefficient (Wildman–Crippen LogP) is 2.37. The topological polar surface area (TPSA) is 99.3 Å². The molecule has 1 aliphatic rings. The Kier molecular flexibility index (Phi) is 6.87. The van der Waals surface area contributed by atoms with Gasteiger partial charge in [0, 0.05) is 24.1 Å². The summed E-state index contributed by atoms with van der Waals surface area (Å²) < 4.78 is 5.13. The highest BCUT2D eigenvalue weighted by atomic mass is 16.5. The number of H-pyrrole nitrogens is 1. The van der Waals surface area contributed by atoms with Gasteiger partial charge in [0.15, 0.2) is 0 Å². The van der Waals surface area contributed by atoms with Crippen LogP contribution in [0.3, 0.4) is 0 Å². The lowest BCUT2D eigenvalue weighted by atomic mass is 9.94. The number of piperidine rings is 1. The van der Waals surface area contributed by atoms with Crippen LogP contribution in [0.2, 0.25) is 0 Å². The van der Waals surface area contributed by atoms with Crippen LogP contribution in [0.5, 0.6) is 5.75 Å². The number of hydrogen-bond donors (Lipinski definition) is 3. The van der Waals surface area contributed by atoms with Gasteiger partial charge in [0.05, 0.1) is 31.2 Å². The summed E-state index contributed by atoms with van der Waals surface area (Å²) in [5.41, 5.74) is 2.14. The third-order valence-corrected chi connectivity index (χ3v) is 5.00. The average Bonchev–Trinajstić information content (AvgIpc) is 3.15. The Bertz CT molecular complexity index is 831. The van der Waals surface area contributed by atoms with Crippen LogP contribution in [-0.4, -0.2) is 59.7 Å². The minimum absolute atomic E-state index is 0.0401. The summed E-state index contributed by atoms with van der Waals surface area (Å²) in [5.74, 6) is 0.733. The minimum Gasteiger partial charge on any atom is -0.497 e. The zero-order chi connectivity index (χ0) is 20.8. The van der Waals surface area contributed by atoms with Crippen LogP contribution in [0, 0.1) is 0 Å². The highest BCUT2D eigenvalue weighted by molar-refractivity contribution is 6.04. The normalized spacial score (nSPS) is 17.2. The number of methoxy groups -OCH3 is 1. The molecule has 3 N–H and O–H groups in total. The fourth-order valence-corrected chi connectivity index (χ4v) is 3.65. The number of likely N-dealkylation sites (tertiary alicyclic amines) is 1. The summed E-state index contributed by atoms with van der Waals surface area (Å²) >= 11 is 0. The lowest BCUT2D eigenvalue weighted by molar-refractivity contribution is -0.123. The number of amides is 2. The Balaban J connectivity index is 1.64. The Hall–Kier alpha value is -2.87. The van der Waals surface area contributed by atoms with Crippen LogP contribution in [0.15, 0.2) is 30.5 Å². The number of nitrogens with zero attached hydrogens (tertiary/aromatic N) is 2. The number of carbonyl (C=O) groups is 2. The fraction of sp³-hybridized carbons (Fsp3) is 0.476. The molecule has 0 radical (unpaired) electrons. The third kappa shape index (κ3) is 5.57. The molecule has 0 aliphatic carbocycles. The van der Waals surface area contributed by atoms with Crippen LogP contribution in [0.25, 0.3) is 0 Å². The van der Waals surface area contributed by atoms with Crippen LogP contribution in [0.1, 0.15) is 48.7 Å². The number of nitrogens with one attached hydrogen (secondary N) is 3. The number of benzene rings is 1. The molecule has 8 nitrogen and oxygen atoms in total. The van der Waals surface area contributed by atoms with Crippen molar-refractivity contribution in [1.82, 2.24) is 20.4 Å². The van der Waals surface area contributed by atoms with Crippen molar-refractivity contribution in [3.8, 4) is 5.75 Å². The Morgan fingerprint density at radius 1 is 1.31 bits per heavy atom. The highest BCUT2D eigenvalue weighted by Crippen LogP contribution is 2.30. The van der Waals surface area contributed by atoms with E-state index in [2.05, 4.69) is 25.7 Å². The number of ether oxygens (including phenoxy) is 1. The van der Waals surface area contributed by atoms with E-state index in [4.69, 9.17) is 4.74 Å². The monoisotopic (exact) mass is 399 g/mol. The maximum Gasteiger partial charge on any atom is 0.255 e. The van der Waals surface area contributed by atoms with Gasteiger partial charge in [-0.1, -0.05) is 0 Å². The smallest absolute Gasteiger partial charge is 0.255 e. The SMILES string of the molecule is COc1ccc(C(=O)Nc2cn[nH]c2C2CCCN(CC(=O)NC(C)C)C2)cc1. The van der Waals surface area contributed by atoms with Gasteiger partial charge in [-0.05, 0) is 57.5 Å². The summed E-state index contributed by atoms with van der Waals surface area (Å²) in [7, 11) is 1.59. The van der Waals surface area contributed by atoms with Crippen LogP contribution < -0.4 is 15.4 Å². The second kappa shape index (κ2) is 9.56. The molecule has 1 aliphatic heterocycles. The minimum atomic E-state index is -0.195. The van der Waals surface area contributed by atoms with Crippen molar-refractivity contribution in [2.24, 2.45) is 0 Å². The molecule has 2 aromatic rings. The molecule has 1 saturated heterocycles. The number of carbonyl (C=O) groups excluding carboxylic acids is 2. The van der Waals surface area contributed by atoms with Gasteiger partial charge in [0.25, 0.3) is 5.91 Å². The van der Waals surface area contributed by atoms with E-state index in [1.807, 2.05) is 13.8 Å². The van der Waals surface area contributed by atoms with Crippen molar-refractivity contribution in [2.75, 3.05) is 32.1 Å². The highest BCUT2D eigenvalue weighted by Gasteiger charge is 2.26. The molecule has 1 unspecified atom stereocenters. The largest absolute Gasteiger partial charge is 0.497 e. The summed E-state index contributed by atoms with van der Waals surface area (Å²) in [5, 5.41) is 13.1. The molecule has 1 fully saturated rings. The zero-order valence-electron chi connectivity index (χ0n) is 17.2. The first-order chi connectivity index (χ1) is 14.0. The molecule has 1 aromatic carbocycles. The molecule has 0 saturated carbocycles. The van der Waals surface area contributed by atoms with Gasteiger partial charge in [-0.2, -0.15) is 5.10 Å². The summed E-state index contributed by atoms with van der Waals surface area (Å²) in [6.07, 6.45) is 3.61. The zero-order valence-corrected chi connectivity index (χ0v) is 17.2. The van der Waals surface area contributed by atoms with Crippen LogP contribution >= 0.6 is 0 Å². The van der Waals surface area contributed by atoms with Gasteiger partial charge in [0.2, 0.25) is 5.91 Å². The molecule has 1 aromatic heterocycles. The molecule has 0 bridgehead atoms. The number of aromatic nitrogens is 2. The van der Waals surface area contributed by atoms with E-state index >= 15 is 0 Å². The van der Waals surface area contributed by atoms with E-state index in [9.17, 15) is 9.59 Å². The van der Waals surface area contributed by atoms with Gasteiger partial charge in [-0.15, -0.1) is 0 Å². The predicted molar refractivity (Wildman–Crippen MR) is 111 cm³/mol. The maximum atomic E-state index is 12.6. The molecule has 1 atom stereocenters. The van der Waals surface area contributed by atoms with E-state index in [0.717, 1.165) is 31.6 Å². The molecule has 0 spiro atoms. The summed E-state index contributed by atoms with van der Waals surface area (Å²) in [6.45, 7) is 5.94. The third-order valence-electron chi connectivity index (χ3n) is 5.00. The molecule has 2 amide bonds. The average molecular weight is 399 g/mol. The van der Waals surface area contributed by atoms with E-state index in [1.165, 1.54) is 0 Å². The molecular weight excluding hydrogens is 370 g/mol. The lowest BCUT2D eigenvalue weighted by Crippen LogP contribution is -2.43. The van der Waals surface area contributed by atoms with E-state index in [0.29, 0.717) is 23.5 Å². The first kappa shape index (κ1) is 20.9. The van der Waals surface area contributed by atoms with Crippen LogP contribution in [-0.2, 0) is 4.79 Å². The standard InChI is InChI=1S/C21H29N5O3/c1-14(2)23-19(27)13-26-10-4-5-16(12-26)20-18(11-22-25-20)24-21(28)15-6-8-17(29-3)9-7-15/h6-9,11,14,16H,4-5,10,12-13H2,1-3H3,(H,22,25)(H,23,27)(H,24,28). The maximum absolute atomic E-state index is 12.6. The van der Waals surface area contributed by atoms with Gasteiger partial charge >= 0.3 is 0 Å². The van der Waals surface area contributed by atoms with Gasteiger partial charge in [-0.25, -0.2) is 0 Å². The number of rotatable bonds is 7. The van der Waals surface area contributed by atoms with Gasteiger partial charge in [0.1, 0.15) is 5.75 Å². The van der Waals surface area contributed by atoms with Gasteiger partial charge < -0.3 is 15.4 Å². The summed E-state index contributed by atoms with van der Waals surface area (Å²) in [4.78, 5) is 26.8. The molecule has 3 rings (SSSR count). The second-order valence-electron chi connectivity index (χ2n) is 7.68. The van der Waals surface area contributed by atoms with Gasteiger partial charge in [-0.3, -0.25) is 19.6 Å². The number of anilines is 1. The Morgan fingerprint density at radius 2 is 2.07 bits per heavy atom. The van der Waals surface area contributed by atoms with Crippen molar-refractivity contribution >= 4 is 17.5 Å². The molecule has 8 heteroatoms. The quantitative estimate of drug-likeness (QED) is 0.664. The first-order valence-corrected chi connectivity index (χ1v) is 9.96.